The Hall–Kier alpha value is -0.910. The van der Waals surface area contributed by atoms with Crippen LogP contribution in [0.15, 0.2) is 28.7 Å². The average molecular weight is 341 g/mol. The first-order chi connectivity index (χ1) is 9.58. The first-order valence-corrected chi connectivity index (χ1v) is 7.83. The number of nitrogens with zero attached hydrogens (tertiary/aromatic N) is 1. The lowest BCUT2D eigenvalue weighted by atomic mass is 9.98. The minimum atomic E-state index is -0.397. The number of rotatable bonds is 4. The maximum Gasteiger partial charge on any atom is 0.238 e. The van der Waals surface area contributed by atoms with Crippen molar-refractivity contribution in [1.82, 2.24) is 4.90 Å². The highest BCUT2D eigenvalue weighted by Gasteiger charge is 2.27. The van der Waals surface area contributed by atoms with Gasteiger partial charge in [-0.25, -0.2) is 0 Å². The van der Waals surface area contributed by atoms with Crippen LogP contribution in [0.5, 0.6) is 0 Å². The number of aliphatic hydroxyl groups is 1. The fraction of sp³-hybridized carbons (Fsp3) is 0.533. The molecule has 1 saturated heterocycles. The first kappa shape index (κ1) is 15.5. The van der Waals surface area contributed by atoms with Gasteiger partial charge in [-0.2, -0.15) is 0 Å². The summed E-state index contributed by atoms with van der Waals surface area (Å²) in [7, 11) is 0. The van der Waals surface area contributed by atoms with Gasteiger partial charge in [0, 0.05) is 10.5 Å². The van der Waals surface area contributed by atoms with E-state index in [1.54, 1.807) is 6.92 Å². The van der Waals surface area contributed by atoms with Crippen LogP contribution in [0.25, 0.3) is 0 Å². The molecule has 0 radical (unpaired) electrons. The summed E-state index contributed by atoms with van der Waals surface area (Å²) in [6, 6.07) is 7.65. The third-order valence-electron chi connectivity index (χ3n) is 3.72. The number of hydrogen-bond donors (Lipinski definition) is 2. The number of carbonyl (C=O) groups excluding carboxylic acids is 1. The highest BCUT2D eigenvalue weighted by molar-refractivity contribution is 9.10. The van der Waals surface area contributed by atoms with Crippen LogP contribution in [0.1, 0.15) is 26.2 Å². The van der Waals surface area contributed by atoms with Gasteiger partial charge in [0.2, 0.25) is 5.91 Å². The standard InChI is InChI=1S/C15H21BrN2O2/c1-11(19)14-8-4-5-9-18(14)10-15(20)17-13-7-3-2-6-12(13)16/h2-3,6-7,11,14,19H,4-5,8-10H2,1H3,(H,17,20). The number of likely N-dealkylation sites (tertiary alicyclic amines) is 1. The number of amides is 1. The number of nitrogens with one attached hydrogen (secondary N) is 1. The lowest BCUT2D eigenvalue weighted by molar-refractivity contribution is -0.118. The van der Waals surface area contributed by atoms with Crippen molar-refractivity contribution in [2.75, 3.05) is 18.4 Å². The van der Waals surface area contributed by atoms with Crippen molar-refractivity contribution in [3.8, 4) is 0 Å². The van der Waals surface area contributed by atoms with Gasteiger partial charge < -0.3 is 10.4 Å². The molecule has 0 saturated carbocycles. The van der Waals surface area contributed by atoms with Gasteiger partial charge in [-0.1, -0.05) is 18.6 Å². The maximum atomic E-state index is 12.1. The molecule has 4 nitrogen and oxygen atoms in total. The van der Waals surface area contributed by atoms with Crippen LogP contribution in [0, 0.1) is 0 Å². The van der Waals surface area contributed by atoms with Crippen molar-refractivity contribution < 1.29 is 9.90 Å². The van der Waals surface area contributed by atoms with Gasteiger partial charge in [0.15, 0.2) is 0 Å². The molecule has 20 heavy (non-hydrogen) atoms. The Bertz CT molecular complexity index is 465. The fourth-order valence-corrected chi connectivity index (χ4v) is 3.08. The van der Waals surface area contributed by atoms with Gasteiger partial charge in [-0.05, 0) is 54.4 Å². The molecule has 0 aromatic heterocycles. The van der Waals surface area contributed by atoms with E-state index in [4.69, 9.17) is 0 Å². The molecule has 1 heterocycles. The Morgan fingerprint density at radius 1 is 1.50 bits per heavy atom. The summed E-state index contributed by atoms with van der Waals surface area (Å²) in [5, 5.41) is 12.7. The molecular formula is C15H21BrN2O2. The first-order valence-electron chi connectivity index (χ1n) is 7.04. The van der Waals surface area contributed by atoms with Crippen molar-refractivity contribution in [1.29, 1.82) is 0 Å². The Morgan fingerprint density at radius 2 is 2.25 bits per heavy atom. The zero-order chi connectivity index (χ0) is 14.5. The van der Waals surface area contributed by atoms with Gasteiger partial charge in [0.05, 0.1) is 18.3 Å². The average Bonchev–Trinajstić information content (AvgIpc) is 2.41. The minimum absolute atomic E-state index is 0.0375. The zero-order valence-electron chi connectivity index (χ0n) is 11.7. The molecule has 1 amide bonds. The van der Waals surface area contributed by atoms with Crippen molar-refractivity contribution in [3.63, 3.8) is 0 Å². The molecule has 0 aliphatic carbocycles. The number of para-hydroxylation sites is 1. The Kier molecular flexibility index (Phi) is 5.57. The van der Waals surface area contributed by atoms with Gasteiger partial charge >= 0.3 is 0 Å². The zero-order valence-corrected chi connectivity index (χ0v) is 13.3. The van der Waals surface area contributed by atoms with E-state index in [2.05, 4.69) is 26.1 Å². The van der Waals surface area contributed by atoms with E-state index in [9.17, 15) is 9.90 Å². The Balaban J connectivity index is 1.95. The summed E-state index contributed by atoms with van der Waals surface area (Å²) in [6.07, 6.45) is 2.77. The summed E-state index contributed by atoms with van der Waals surface area (Å²) >= 11 is 3.42. The lowest BCUT2D eigenvalue weighted by Gasteiger charge is -2.36. The second-order valence-corrected chi connectivity index (χ2v) is 6.16. The highest BCUT2D eigenvalue weighted by Crippen LogP contribution is 2.22. The van der Waals surface area contributed by atoms with Crippen LogP contribution in [-0.2, 0) is 4.79 Å². The van der Waals surface area contributed by atoms with Crippen LogP contribution in [0.2, 0.25) is 0 Å². The molecule has 1 aromatic carbocycles. The number of carbonyl (C=O) groups is 1. The van der Waals surface area contributed by atoms with Crippen molar-refractivity contribution >= 4 is 27.5 Å². The molecule has 1 aromatic rings. The van der Waals surface area contributed by atoms with Gasteiger partial charge in [0.1, 0.15) is 0 Å². The largest absolute Gasteiger partial charge is 0.392 e. The summed E-state index contributed by atoms with van der Waals surface area (Å²) in [5.41, 5.74) is 0.781. The SMILES string of the molecule is CC(O)C1CCCCN1CC(=O)Nc1ccccc1Br. The molecule has 0 bridgehead atoms. The molecule has 0 spiro atoms. The van der Waals surface area contributed by atoms with Gasteiger partial charge in [-0.15, -0.1) is 0 Å². The molecule has 1 aliphatic rings. The third kappa shape index (κ3) is 4.04. The number of halogens is 1. The molecule has 5 heteroatoms. The maximum absolute atomic E-state index is 12.1. The van der Waals surface area contributed by atoms with Gasteiger partial charge in [-0.3, -0.25) is 9.69 Å². The second kappa shape index (κ2) is 7.20. The molecule has 110 valence electrons. The van der Waals surface area contributed by atoms with Crippen LogP contribution < -0.4 is 5.32 Å². The lowest BCUT2D eigenvalue weighted by Crippen LogP contribution is -2.48. The van der Waals surface area contributed by atoms with Crippen molar-refractivity contribution in [2.45, 2.75) is 38.3 Å². The van der Waals surface area contributed by atoms with E-state index >= 15 is 0 Å². The van der Waals surface area contributed by atoms with Crippen molar-refractivity contribution in [2.24, 2.45) is 0 Å². The van der Waals surface area contributed by atoms with E-state index in [-0.39, 0.29) is 11.9 Å². The molecule has 2 N–H and O–H groups in total. The summed E-state index contributed by atoms with van der Waals surface area (Å²) in [5.74, 6) is -0.0375. The van der Waals surface area contributed by atoms with Crippen LogP contribution >= 0.6 is 15.9 Å². The summed E-state index contributed by atoms with van der Waals surface area (Å²) < 4.78 is 0.874. The predicted molar refractivity (Wildman–Crippen MR) is 83.7 cm³/mol. The predicted octanol–water partition coefficient (Wildman–Crippen LogP) is 2.62. The molecule has 1 fully saturated rings. The number of aliphatic hydroxyl groups excluding tert-OH is 1. The number of hydrogen-bond acceptors (Lipinski definition) is 3. The van der Waals surface area contributed by atoms with Crippen molar-refractivity contribution in [3.05, 3.63) is 28.7 Å². The molecule has 1 aliphatic heterocycles. The Morgan fingerprint density at radius 3 is 2.95 bits per heavy atom. The summed E-state index contributed by atoms with van der Waals surface area (Å²) in [4.78, 5) is 14.2. The van der Waals surface area contributed by atoms with Gasteiger partial charge in [0.25, 0.3) is 0 Å². The normalized spacial score (nSPS) is 21.4. The van der Waals surface area contributed by atoms with E-state index in [0.717, 1.165) is 36.0 Å². The fourth-order valence-electron chi connectivity index (χ4n) is 2.70. The number of piperidine rings is 1. The minimum Gasteiger partial charge on any atom is -0.392 e. The van der Waals surface area contributed by atoms with E-state index in [0.29, 0.717) is 6.54 Å². The van der Waals surface area contributed by atoms with Crippen LogP contribution in [-0.4, -0.2) is 41.1 Å². The molecule has 2 atom stereocenters. The monoisotopic (exact) mass is 340 g/mol. The topological polar surface area (TPSA) is 52.6 Å². The third-order valence-corrected chi connectivity index (χ3v) is 4.41. The van der Waals surface area contributed by atoms with Crippen LogP contribution in [0.3, 0.4) is 0 Å². The van der Waals surface area contributed by atoms with E-state index < -0.39 is 6.10 Å². The Labute approximate surface area is 128 Å². The molecule has 2 rings (SSSR count). The molecular weight excluding hydrogens is 320 g/mol. The number of benzene rings is 1. The number of anilines is 1. The quantitative estimate of drug-likeness (QED) is 0.885. The molecule has 2 unspecified atom stereocenters. The smallest absolute Gasteiger partial charge is 0.238 e. The van der Waals surface area contributed by atoms with E-state index in [1.807, 2.05) is 24.3 Å². The second-order valence-electron chi connectivity index (χ2n) is 5.30. The summed E-state index contributed by atoms with van der Waals surface area (Å²) in [6.45, 7) is 3.00. The van der Waals surface area contributed by atoms with Crippen LogP contribution in [0.4, 0.5) is 5.69 Å². The van der Waals surface area contributed by atoms with E-state index in [1.165, 1.54) is 0 Å². The highest BCUT2D eigenvalue weighted by atomic mass is 79.9.